The van der Waals surface area contributed by atoms with Crippen molar-refractivity contribution in [2.24, 2.45) is 0 Å². The van der Waals surface area contributed by atoms with E-state index < -0.39 is 11.9 Å². The van der Waals surface area contributed by atoms with Gasteiger partial charge in [0.05, 0.1) is 10.6 Å². The number of anilines is 1. The average Bonchev–Trinajstić information content (AvgIpc) is 2.37. The number of carbonyl (C=O) groups excluding carboxylic acids is 2. The predicted octanol–water partition coefficient (Wildman–Crippen LogP) is 2.71. The van der Waals surface area contributed by atoms with E-state index in [0.717, 1.165) is 11.4 Å². The van der Waals surface area contributed by atoms with Crippen molar-refractivity contribution in [1.82, 2.24) is 15.3 Å². The number of aromatic nitrogens is 2. The van der Waals surface area contributed by atoms with E-state index in [2.05, 4.69) is 20.6 Å². The van der Waals surface area contributed by atoms with Crippen LogP contribution in [-0.2, 0) is 0 Å². The van der Waals surface area contributed by atoms with Crippen molar-refractivity contribution in [3.8, 4) is 0 Å². The number of urea groups is 1. The number of nitrogens with zero attached hydrogens (tertiary/aromatic N) is 2. The number of rotatable bonds is 2. The summed E-state index contributed by atoms with van der Waals surface area (Å²) in [6.07, 6.45) is 0. The first-order chi connectivity index (χ1) is 9.95. The minimum absolute atomic E-state index is 0.136. The van der Waals surface area contributed by atoms with Crippen LogP contribution in [0.3, 0.4) is 0 Å². The standard InChI is InChI=1S/C14H13ClN4O2/c1-8-7-9(2)17-13(16-8)19-14(21)18-12(20)10-5-3-4-6-11(10)15/h3-7H,1-2H3,(H2,16,17,18,19,20,21). The van der Waals surface area contributed by atoms with E-state index in [1.165, 1.54) is 6.07 Å². The van der Waals surface area contributed by atoms with E-state index >= 15 is 0 Å². The van der Waals surface area contributed by atoms with Gasteiger partial charge in [0.15, 0.2) is 0 Å². The number of imide groups is 1. The third kappa shape index (κ3) is 4.00. The number of halogens is 1. The molecule has 0 aliphatic rings. The minimum Gasteiger partial charge on any atom is -0.276 e. The van der Waals surface area contributed by atoms with E-state index in [4.69, 9.17) is 11.6 Å². The highest BCUT2D eigenvalue weighted by Crippen LogP contribution is 2.14. The molecular weight excluding hydrogens is 292 g/mol. The van der Waals surface area contributed by atoms with E-state index in [-0.39, 0.29) is 16.5 Å². The fourth-order valence-electron chi connectivity index (χ4n) is 1.73. The molecule has 0 saturated carbocycles. The number of aryl methyl sites for hydroxylation is 2. The second kappa shape index (κ2) is 6.32. The van der Waals surface area contributed by atoms with Crippen LogP contribution in [0.15, 0.2) is 30.3 Å². The van der Waals surface area contributed by atoms with Crippen molar-refractivity contribution in [2.45, 2.75) is 13.8 Å². The minimum atomic E-state index is -0.718. The van der Waals surface area contributed by atoms with Crippen molar-refractivity contribution in [1.29, 1.82) is 0 Å². The molecule has 1 aromatic heterocycles. The highest BCUT2D eigenvalue weighted by molar-refractivity contribution is 6.34. The second-order valence-electron chi connectivity index (χ2n) is 4.36. The lowest BCUT2D eigenvalue weighted by molar-refractivity contribution is 0.0967. The molecule has 21 heavy (non-hydrogen) atoms. The van der Waals surface area contributed by atoms with Crippen LogP contribution >= 0.6 is 11.6 Å². The van der Waals surface area contributed by atoms with Crippen LogP contribution in [0.25, 0.3) is 0 Å². The molecule has 3 amide bonds. The Balaban J connectivity index is 2.05. The van der Waals surface area contributed by atoms with E-state index in [1.807, 2.05) is 0 Å². The molecule has 1 aromatic carbocycles. The van der Waals surface area contributed by atoms with Crippen LogP contribution in [-0.4, -0.2) is 21.9 Å². The van der Waals surface area contributed by atoms with Crippen LogP contribution in [0.5, 0.6) is 0 Å². The smallest absolute Gasteiger partial charge is 0.276 e. The quantitative estimate of drug-likeness (QED) is 0.893. The largest absolute Gasteiger partial charge is 0.328 e. The van der Waals surface area contributed by atoms with Gasteiger partial charge in [-0.2, -0.15) is 0 Å². The molecule has 0 aliphatic heterocycles. The number of nitrogens with one attached hydrogen (secondary N) is 2. The average molecular weight is 305 g/mol. The third-order valence-corrected chi connectivity index (χ3v) is 2.88. The zero-order chi connectivity index (χ0) is 15.4. The van der Waals surface area contributed by atoms with Gasteiger partial charge in [0.25, 0.3) is 5.91 Å². The van der Waals surface area contributed by atoms with E-state index in [0.29, 0.717) is 0 Å². The van der Waals surface area contributed by atoms with Crippen molar-refractivity contribution in [3.63, 3.8) is 0 Å². The normalized spacial score (nSPS) is 10.0. The number of carbonyl (C=O) groups is 2. The Hall–Kier alpha value is -2.47. The van der Waals surface area contributed by atoms with Crippen LogP contribution in [0.1, 0.15) is 21.7 Å². The first-order valence-electron chi connectivity index (χ1n) is 6.15. The Labute approximate surface area is 126 Å². The monoisotopic (exact) mass is 304 g/mol. The summed E-state index contributed by atoms with van der Waals surface area (Å²) in [5, 5.41) is 4.85. The first-order valence-corrected chi connectivity index (χ1v) is 6.52. The van der Waals surface area contributed by atoms with Gasteiger partial charge >= 0.3 is 6.03 Å². The summed E-state index contributed by atoms with van der Waals surface area (Å²) < 4.78 is 0. The van der Waals surface area contributed by atoms with Gasteiger partial charge in [0, 0.05) is 11.4 Å². The number of hydrogen-bond acceptors (Lipinski definition) is 4. The Morgan fingerprint density at radius 3 is 2.33 bits per heavy atom. The maximum atomic E-state index is 11.9. The van der Waals surface area contributed by atoms with Gasteiger partial charge in [0.2, 0.25) is 5.95 Å². The molecule has 7 heteroatoms. The molecule has 0 fully saturated rings. The van der Waals surface area contributed by atoms with Crippen molar-refractivity contribution < 1.29 is 9.59 Å². The molecule has 1 heterocycles. The van der Waals surface area contributed by atoms with Gasteiger partial charge in [-0.1, -0.05) is 23.7 Å². The van der Waals surface area contributed by atoms with Crippen molar-refractivity contribution >= 4 is 29.5 Å². The lowest BCUT2D eigenvalue weighted by atomic mass is 10.2. The summed E-state index contributed by atoms with van der Waals surface area (Å²) in [6, 6.07) is 7.51. The first kappa shape index (κ1) is 14.9. The molecule has 108 valence electrons. The summed E-state index contributed by atoms with van der Waals surface area (Å²) in [5.41, 5.74) is 1.65. The summed E-state index contributed by atoms with van der Waals surface area (Å²) in [4.78, 5) is 31.8. The zero-order valence-electron chi connectivity index (χ0n) is 11.5. The predicted molar refractivity (Wildman–Crippen MR) is 79.4 cm³/mol. The van der Waals surface area contributed by atoms with Crippen LogP contribution in [0.4, 0.5) is 10.7 Å². The Morgan fingerprint density at radius 1 is 1.10 bits per heavy atom. The van der Waals surface area contributed by atoms with Gasteiger partial charge < -0.3 is 0 Å². The number of amides is 3. The van der Waals surface area contributed by atoms with Crippen molar-refractivity contribution in [3.05, 3.63) is 52.3 Å². The lowest BCUT2D eigenvalue weighted by Crippen LogP contribution is -2.35. The molecule has 6 nitrogen and oxygen atoms in total. The van der Waals surface area contributed by atoms with Gasteiger partial charge in [-0.25, -0.2) is 14.8 Å². The van der Waals surface area contributed by atoms with Crippen LogP contribution < -0.4 is 10.6 Å². The van der Waals surface area contributed by atoms with E-state index in [9.17, 15) is 9.59 Å². The Morgan fingerprint density at radius 2 is 1.71 bits per heavy atom. The molecule has 0 bridgehead atoms. The van der Waals surface area contributed by atoms with Gasteiger partial charge in [-0.05, 0) is 32.0 Å². The Kier molecular flexibility index (Phi) is 4.49. The van der Waals surface area contributed by atoms with Crippen LogP contribution in [0.2, 0.25) is 5.02 Å². The summed E-state index contributed by atoms with van der Waals surface area (Å²) in [7, 11) is 0. The van der Waals surface area contributed by atoms with E-state index in [1.54, 1.807) is 38.1 Å². The molecule has 0 saturated heterocycles. The summed E-state index contributed by atoms with van der Waals surface area (Å²) in [6.45, 7) is 3.57. The molecule has 0 aliphatic carbocycles. The van der Waals surface area contributed by atoms with Crippen molar-refractivity contribution in [2.75, 3.05) is 5.32 Å². The number of hydrogen-bond donors (Lipinski definition) is 2. The maximum Gasteiger partial charge on any atom is 0.328 e. The topological polar surface area (TPSA) is 84.0 Å². The fraction of sp³-hybridized carbons (Fsp3) is 0.143. The molecule has 2 rings (SSSR count). The molecule has 0 spiro atoms. The highest BCUT2D eigenvalue weighted by atomic mass is 35.5. The fourth-order valence-corrected chi connectivity index (χ4v) is 1.95. The molecule has 0 atom stereocenters. The van der Waals surface area contributed by atoms with Gasteiger partial charge in [0.1, 0.15) is 0 Å². The zero-order valence-corrected chi connectivity index (χ0v) is 12.2. The number of benzene rings is 1. The highest BCUT2D eigenvalue weighted by Gasteiger charge is 2.14. The SMILES string of the molecule is Cc1cc(C)nc(NC(=O)NC(=O)c2ccccc2Cl)n1. The third-order valence-electron chi connectivity index (χ3n) is 2.55. The molecule has 0 radical (unpaired) electrons. The molecule has 0 unspecified atom stereocenters. The van der Waals surface area contributed by atoms with Gasteiger partial charge in [-0.3, -0.25) is 15.4 Å². The molecular formula is C14H13ClN4O2. The Bertz CT molecular complexity index is 683. The lowest BCUT2D eigenvalue weighted by Gasteiger charge is -2.07. The maximum absolute atomic E-state index is 11.9. The van der Waals surface area contributed by atoms with Crippen LogP contribution in [0, 0.1) is 13.8 Å². The summed E-state index contributed by atoms with van der Waals surface area (Å²) in [5.74, 6) is -0.459. The summed E-state index contributed by atoms with van der Waals surface area (Å²) >= 11 is 5.89. The second-order valence-corrected chi connectivity index (χ2v) is 4.77. The molecule has 2 N–H and O–H groups in total. The molecule has 2 aromatic rings. The van der Waals surface area contributed by atoms with Gasteiger partial charge in [-0.15, -0.1) is 0 Å².